The highest BCUT2D eigenvalue weighted by Crippen LogP contribution is 2.37. The van der Waals surface area contributed by atoms with Crippen molar-refractivity contribution in [1.29, 1.82) is 0 Å². The molecule has 25 heavy (non-hydrogen) atoms. The number of hydrogen-bond donors (Lipinski definition) is 1. The fourth-order valence-corrected chi connectivity index (χ4v) is 4.22. The van der Waals surface area contributed by atoms with Crippen molar-refractivity contribution >= 4 is 11.5 Å². The molecule has 1 fully saturated rings. The SMILES string of the molecule is NC(=O)c1ccc(C2=CC3CCCC(C2)N3Cc2ccccc2)cc1. The number of fused-ring (bicyclic) bond motifs is 2. The lowest BCUT2D eigenvalue weighted by Crippen LogP contribution is -2.47. The molecule has 3 nitrogen and oxygen atoms in total. The van der Waals surface area contributed by atoms with Crippen LogP contribution in [0.4, 0.5) is 0 Å². The van der Waals surface area contributed by atoms with Crippen molar-refractivity contribution in [3.05, 3.63) is 77.4 Å². The zero-order chi connectivity index (χ0) is 17.2. The maximum absolute atomic E-state index is 11.3. The summed E-state index contributed by atoms with van der Waals surface area (Å²) in [7, 11) is 0. The Balaban J connectivity index is 1.57. The number of piperidine rings is 1. The van der Waals surface area contributed by atoms with Crippen molar-refractivity contribution in [2.24, 2.45) is 5.73 Å². The van der Waals surface area contributed by atoms with E-state index in [-0.39, 0.29) is 5.91 Å². The van der Waals surface area contributed by atoms with Gasteiger partial charge in [-0.25, -0.2) is 0 Å². The summed E-state index contributed by atoms with van der Waals surface area (Å²) in [6.07, 6.45) is 7.33. The highest BCUT2D eigenvalue weighted by atomic mass is 16.1. The molecule has 0 radical (unpaired) electrons. The van der Waals surface area contributed by atoms with Crippen molar-refractivity contribution in [2.45, 2.75) is 44.3 Å². The van der Waals surface area contributed by atoms with Gasteiger partial charge in [-0.05, 0) is 48.1 Å². The number of carbonyl (C=O) groups excluding carboxylic acids is 1. The van der Waals surface area contributed by atoms with E-state index in [1.165, 1.54) is 36.0 Å². The van der Waals surface area contributed by atoms with E-state index < -0.39 is 0 Å². The van der Waals surface area contributed by atoms with Crippen LogP contribution in [-0.2, 0) is 6.54 Å². The van der Waals surface area contributed by atoms with E-state index in [2.05, 4.69) is 41.3 Å². The second-order valence-corrected chi connectivity index (χ2v) is 7.15. The molecular formula is C22H24N2O. The maximum Gasteiger partial charge on any atom is 0.248 e. The predicted octanol–water partition coefficient (Wildman–Crippen LogP) is 4.00. The molecule has 1 saturated heterocycles. The summed E-state index contributed by atoms with van der Waals surface area (Å²) in [5.74, 6) is -0.366. The molecule has 2 bridgehead atoms. The molecule has 2 unspecified atom stereocenters. The minimum absolute atomic E-state index is 0.366. The normalized spacial score (nSPS) is 23.1. The Kier molecular flexibility index (Phi) is 4.41. The van der Waals surface area contributed by atoms with Crippen LogP contribution in [-0.4, -0.2) is 22.9 Å². The van der Waals surface area contributed by atoms with Gasteiger partial charge >= 0.3 is 0 Å². The van der Waals surface area contributed by atoms with Crippen LogP contribution in [0.2, 0.25) is 0 Å². The van der Waals surface area contributed by atoms with Crippen molar-refractivity contribution in [3.63, 3.8) is 0 Å². The Morgan fingerprint density at radius 2 is 1.80 bits per heavy atom. The Hall–Kier alpha value is -2.39. The molecule has 0 aliphatic carbocycles. The number of rotatable bonds is 4. The van der Waals surface area contributed by atoms with E-state index in [0.29, 0.717) is 17.6 Å². The average molecular weight is 332 g/mol. The summed E-state index contributed by atoms with van der Waals surface area (Å²) >= 11 is 0. The zero-order valence-corrected chi connectivity index (χ0v) is 14.4. The van der Waals surface area contributed by atoms with Gasteiger partial charge in [0.25, 0.3) is 0 Å². The van der Waals surface area contributed by atoms with E-state index in [1.807, 2.05) is 24.3 Å². The summed E-state index contributed by atoms with van der Waals surface area (Å²) in [6.45, 7) is 1.03. The molecule has 2 aromatic carbocycles. The van der Waals surface area contributed by atoms with Gasteiger partial charge in [-0.2, -0.15) is 0 Å². The molecule has 2 heterocycles. The van der Waals surface area contributed by atoms with Gasteiger partial charge in [-0.1, -0.05) is 55.0 Å². The third-order valence-corrected chi connectivity index (χ3v) is 5.53. The first kappa shape index (κ1) is 16.1. The summed E-state index contributed by atoms with van der Waals surface area (Å²) in [5.41, 5.74) is 9.95. The van der Waals surface area contributed by atoms with Crippen molar-refractivity contribution in [3.8, 4) is 0 Å². The van der Waals surface area contributed by atoms with E-state index in [1.54, 1.807) is 0 Å². The monoisotopic (exact) mass is 332 g/mol. The molecule has 2 aliphatic heterocycles. The minimum Gasteiger partial charge on any atom is -0.366 e. The molecule has 2 aliphatic rings. The summed E-state index contributed by atoms with van der Waals surface area (Å²) in [6, 6.07) is 19.6. The van der Waals surface area contributed by atoms with Crippen LogP contribution in [0.25, 0.3) is 5.57 Å². The van der Waals surface area contributed by atoms with Gasteiger partial charge in [-0.15, -0.1) is 0 Å². The molecule has 4 rings (SSSR count). The van der Waals surface area contributed by atoms with E-state index in [9.17, 15) is 4.79 Å². The molecule has 2 atom stereocenters. The summed E-state index contributed by atoms with van der Waals surface area (Å²) in [5, 5.41) is 0. The highest BCUT2D eigenvalue weighted by Gasteiger charge is 2.33. The minimum atomic E-state index is -0.366. The molecule has 0 aromatic heterocycles. The average Bonchev–Trinajstić information content (AvgIpc) is 2.62. The van der Waals surface area contributed by atoms with Crippen LogP contribution in [0.3, 0.4) is 0 Å². The standard InChI is InChI=1S/C22H24N2O/c23-22(25)18-11-9-17(10-12-18)19-13-20-7-4-8-21(14-19)24(20)15-16-5-2-1-3-6-16/h1-3,5-6,9-13,20-21H,4,7-8,14-15H2,(H2,23,25). The molecule has 0 saturated carbocycles. The second-order valence-electron chi connectivity index (χ2n) is 7.15. The summed E-state index contributed by atoms with van der Waals surface area (Å²) < 4.78 is 0. The van der Waals surface area contributed by atoms with Gasteiger partial charge in [0.15, 0.2) is 0 Å². The van der Waals surface area contributed by atoms with Crippen molar-refractivity contribution in [1.82, 2.24) is 4.90 Å². The van der Waals surface area contributed by atoms with Gasteiger partial charge in [0.2, 0.25) is 5.91 Å². The van der Waals surface area contributed by atoms with Crippen molar-refractivity contribution < 1.29 is 4.79 Å². The Morgan fingerprint density at radius 3 is 2.48 bits per heavy atom. The van der Waals surface area contributed by atoms with Gasteiger partial charge in [0.1, 0.15) is 0 Å². The molecule has 2 N–H and O–H groups in total. The second kappa shape index (κ2) is 6.85. The van der Waals surface area contributed by atoms with Crippen LogP contribution >= 0.6 is 0 Å². The quantitative estimate of drug-likeness (QED) is 0.920. The first-order chi connectivity index (χ1) is 12.2. The highest BCUT2D eigenvalue weighted by molar-refractivity contribution is 5.93. The third-order valence-electron chi connectivity index (χ3n) is 5.53. The zero-order valence-electron chi connectivity index (χ0n) is 14.4. The molecule has 0 spiro atoms. The number of nitrogens with two attached hydrogens (primary N) is 1. The number of hydrogen-bond acceptors (Lipinski definition) is 2. The number of amides is 1. The Labute approximate surface area is 149 Å². The number of carbonyl (C=O) groups is 1. The van der Waals surface area contributed by atoms with E-state index in [0.717, 1.165) is 13.0 Å². The Morgan fingerprint density at radius 1 is 1.04 bits per heavy atom. The third kappa shape index (κ3) is 3.38. The molecule has 1 amide bonds. The van der Waals surface area contributed by atoms with Gasteiger partial charge in [-0.3, -0.25) is 9.69 Å². The van der Waals surface area contributed by atoms with Crippen LogP contribution in [0.15, 0.2) is 60.7 Å². The lowest BCUT2D eigenvalue weighted by Gasteiger charge is -2.45. The smallest absolute Gasteiger partial charge is 0.248 e. The first-order valence-corrected chi connectivity index (χ1v) is 9.11. The van der Waals surface area contributed by atoms with Gasteiger partial charge in [0.05, 0.1) is 0 Å². The lowest BCUT2D eigenvalue weighted by atomic mass is 9.82. The topological polar surface area (TPSA) is 46.3 Å². The van der Waals surface area contributed by atoms with E-state index in [4.69, 9.17) is 5.73 Å². The fraction of sp³-hybridized carbons (Fsp3) is 0.318. The summed E-state index contributed by atoms with van der Waals surface area (Å²) in [4.78, 5) is 13.9. The van der Waals surface area contributed by atoms with E-state index >= 15 is 0 Å². The number of nitrogens with zero attached hydrogens (tertiary/aromatic N) is 1. The van der Waals surface area contributed by atoms with Crippen LogP contribution in [0, 0.1) is 0 Å². The molecular weight excluding hydrogens is 308 g/mol. The first-order valence-electron chi connectivity index (χ1n) is 9.11. The van der Waals surface area contributed by atoms with Crippen LogP contribution in [0.1, 0.15) is 47.2 Å². The lowest BCUT2D eigenvalue weighted by molar-refractivity contribution is 0.0951. The van der Waals surface area contributed by atoms with Crippen LogP contribution in [0.5, 0.6) is 0 Å². The van der Waals surface area contributed by atoms with Gasteiger partial charge < -0.3 is 5.73 Å². The predicted molar refractivity (Wildman–Crippen MR) is 101 cm³/mol. The number of benzene rings is 2. The molecule has 2 aromatic rings. The van der Waals surface area contributed by atoms with Gasteiger partial charge in [0, 0.05) is 24.2 Å². The van der Waals surface area contributed by atoms with Crippen molar-refractivity contribution in [2.75, 3.05) is 0 Å². The van der Waals surface area contributed by atoms with Crippen LogP contribution < -0.4 is 5.73 Å². The maximum atomic E-state index is 11.3. The fourth-order valence-electron chi connectivity index (χ4n) is 4.22. The molecule has 128 valence electrons. The largest absolute Gasteiger partial charge is 0.366 e. The number of primary amides is 1. The Bertz CT molecular complexity index is 779. The molecule has 3 heteroatoms.